The lowest BCUT2D eigenvalue weighted by Gasteiger charge is -2.20. The van der Waals surface area contributed by atoms with Crippen LogP contribution in [0, 0.1) is 0 Å². The van der Waals surface area contributed by atoms with Crippen LogP contribution in [0.2, 0.25) is 0 Å². The lowest BCUT2D eigenvalue weighted by Crippen LogP contribution is -2.20. The van der Waals surface area contributed by atoms with Gasteiger partial charge in [-0.15, -0.1) is 5.10 Å². The number of aromatic nitrogens is 3. The van der Waals surface area contributed by atoms with Crippen molar-refractivity contribution in [2.24, 2.45) is 0 Å². The summed E-state index contributed by atoms with van der Waals surface area (Å²) in [6.45, 7) is 3.71. The second kappa shape index (κ2) is 8.78. The fourth-order valence-corrected chi connectivity index (χ4v) is 2.69. The van der Waals surface area contributed by atoms with Crippen molar-refractivity contribution >= 4 is 17.5 Å². The molecule has 1 heterocycles. The smallest absolute Gasteiger partial charge is 0.251 e. The summed E-state index contributed by atoms with van der Waals surface area (Å²) in [5, 5.41) is 11.6. The van der Waals surface area contributed by atoms with E-state index in [4.69, 9.17) is 0 Å². The van der Waals surface area contributed by atoms with Crippen LogP contribution in [-0.2, 0) is 6.42 Å². The van der Waals surface area contributed by atoms with Gasteiger partial charge in [0.2, 0.25) is 0 Å². The van der Waals surface area contributed by atoms with Gasteiger partial charge in [-0.3, -0.25) is 0 Å². The van der Waals surface area contributed by atoms with Crippen LogP contribution in [0.5, 0.6) is 0 Å². The zero-order valence-electron chi connectivity index (χ0n) is 14.5. The van der Waals surface area contributed by atoms with E-state index in [1.54, 1.807) is 6.20 Å². The van der Waals surface area contributed by atoms with Crippen LogP contribution < -0.4 is 10.2 Å². The topological polar surface area (TPSA) is 53.9 Å². The van der Waals surface area contributed by atoms with Crippen molar-refractivity contribution in [1.29, 1.82) is 0 Å². The molecule has 0 unspecified atom stereocenters. The van der Waals surface area contributed by atoms with E-state index in [0.29, 0.717) is 5.95 Å². The maximum atomic E-state index is 4.61. The zero-order valence-corrected chi connectivity index (χ0v) is 14.5. The normalized spacial score (nSPS) is 10.4. The summed E-state index contributed by atoms with van der Waals surface area (Å²) < 4.78 is 0. The Labute approximate surface area is 148 Å². The average Bonchev–Trinajstić information content (AvgIpc) is 2.68. The molecule has 0 amide bonds. The number of rotatable bonds is 8. The molecule has 5 nitrogen and oxygen atoms in total. The average molecular weight is 333 g/mol. The number of hydrogen-bond donors (Lipinski definition) is 1. The molecule has 3 rings (SSSR count). The zero-order chi connectivity index (χ0) is 17.3. The molecular weight excluding hydrogens is 310 g/mol. The van der Waals surface area contributed by atoms with Gasteiger partial charge in [0.05, 0.1) is 6.20 Å². The van der Waals surface area contributed by atoms with Gasteiger partial charge in [-0.2, -0.15) is 10.1 Å². The van der Waals surface area contributed by atoms with Crippen molar-refractivity contribution in [3.05, 3.63) is 72.4 Å². The van der Waals surface area contributed by atoms with Crippen LogP contribution in [0.1, 0.15) is 18.9 Å². The van der Waals surface area contributed by atoms with Crippen molar-refractivity contribution in [2.45, 2.75) is 19.8 Å². The van der Waals surface area contributed by atoms with E-state index in [0.717, 1.165) is 37.4 Å². The van der Waals surface area contributed by atoms with Gasteiger partial charge in [-0.05, 0) is 37.5 Å². The molecule has 0 saturated heterocycles. The van der Waals surface area contributed by atoms with Crippen LogP contribution in [0.15, 0.2) is 66.9 Å². The number of anilines is 3. The molecule has 3 aromatic rings. The van der Waals surface area contributed by atoms with E-state index in [-0.39, 0.29) is 0 Å². The number of aryl methyl sites for hydroxylation is 1. The van der Waals surface area contributed by atoms with Crippen LogP contribution in [0.4, 0.5) is 17.5 Å². The Balaban J connectivity index is 1.59. The summed E-state index contributed by atoms with van der Waals surface area (Å²) in [5.74, 6) is 1.37. The van der Waals surface area contributed by atoms with Gasteiger partial charge in [0.15, 0.2) is 5.82 Å². The molecule has 5 heteroatoms. The second-order valence-corrected chi connectivity index (χ2v) is 5.74. The summed E-state index contributed by atoms with van der Waals surface area (Å²) in [6.07, 6.45) is 3.76. The van der Waals surface area contributed by atoms with E-state index in [9.17, 15) is 0 Å². The number of benzene rings is 2. The monoisotopic (exact) mass is 333 g/mol. The Morgan fingerprint density at radius 1 is 0.960 bits per heavy atom. The molecule has 1 aromatic heterocycles. The van der Waals surface area contributed by atoms with E-state index < -0.39 is 0 Å². The molecule has 0 atom stereocenters. The molecular formula is C20H23N5. The first kappa shape index (κ1) is 16.9. The fraction of sp³-hybridized carbons (Fsp3) is 0.250. The number of nitrogens with one attached hydrogen (secondary N) is 1. The standard InChI is InChI=1S/C20H23N5/c1-2-25(18-13-7-4-8-14-18)20-23-19(16-22-24-20)21-15-9-12-17-10-5-3-6-11-17/h3-8,10-11,13-14,16H,2,9,12,15H2,1H3,(H,21,23,24). The summed E-state index contributed by atoms with van der Waals surface area (Å²) in [4.78, 5) is 6.65. The van der Waals surface area contributed by atoms with Gasteiger partial charge >= 0.3 is 0 Å². The largest absolute Gasteiger partial charge is 0.369 e. The van der Waals surface area contributed by atoms with Crippen LogP contribution in [-0.4, -0.2) is 28.3 Å². The first-order valence-corrected chi connectivity index (χ1v) is 8.67. The SMILES string of the molecule is CCN(c1ccccc1)c1nncc(NCCCc2ccccc2)n1. The van der Waals surface area contributed by atoms with Crippen LogP contribution in [0.25, 0.3) is 0 Å². The van der Waals surface area contributed by atoms with Gasteiger partial charge in [-0.1, -0.05) is 48.5 Å². The van der Waals surface area contributed by atoms with E-state index in [1.807, 2.05) is 41.3 Å². The van der Waals surface area contributed by atoms with Gasteiger partial charge in [0, 0.05) is 18.8 Å². The number of hydrogen-bond acceptors (Lipinski definition) is 5. The lowest BCUT2D eigenvalue weighted by atomic mass is 10.1. The minimum absolute atomic E-state index is 0.613. The molecule has 0 aliphatic heterocycles. The van der Waals surface area contributed by atoms with Gasteiger partial charge in [0.25, 0.3) is 5.95 Å². The van der Waals surface area contributed by atoms with Crippen LogP contribution >= 0.6 is 0 Å². The van der Waals surface area contributed by atoms with E-state index >= 15 is 0 Å². The Morgan fingerprint density at radius 2 is 1.68 bits per heavy atom. The van der Waals surface area contributed by atoms with Crippen molar-refractivity contribution in [1.82, 2.24) is 15.2 Å². The molecule has 0 bridgehead atoms. The highest BCUT2D eigenvalue weighted by molar-refractivity contribution is 5.57. The summed E-state index contributed by atoms with van der Waals surface area (Å²) in [6, 6.07) is 20.6. The minimum Gasteiger partial charge on any atom is -0.369 e. The summed E-state index contributed by atoms with van der Waals surface area (Å²) >= 11 is 0. The minimum atomic E-state index is 0.613. The Bertz CT molecular complexity index is 761. The highest BCUT2D eigenvalue weighted by Crippen LogP contribution is 2.21. The van der Waals surface area contributed by atoms with Crippen molar-refractivity contribution in [3.8, 4) is 0 Å². The van der Waals surface area contributed by atoms with E-state index in [2.05, 4.69) is 51.7 Å². The predicted octanol–water partition coefficient (Wildman–Crippen LogP) is 4.07. The molecule has 0 aliphatic carbocycles. The Kier molecular flexibility index (Phi) is 5.93. The molecule has 2 aromatic carbocycles. The quantitative estimate of drug-likeness (QED) is 0.630. The summed E-state index contributed by atoms with van der Waals surface area (Å²) in [7, 11) is 0. The third-order valence-electron chi connectivity index (χ3n) is 3.96. The summed E-state index contributed by atoms with van der Waals surface area (Å²) in [5.41, 5.74) is 2.42. The predicted molar refractivity (Wildman–Crippen MR) is 102 cm³/mol. The molecule has 0 aliphatic rings. The first-order chi connectivity index (χ1) is 12.4. The fourth-order valence-electron chi connectivity index (χ4n) is 2.69. The molecule has 0 spiro atoms. The highest BCUT2D eigenvalue weighted by atomic mass is 15.3. The molecule has 1 N–H and O–H groups in total. The molecule has 128 valence electrons. The lowest BCUT2D eigenvalue weighted by molar-refractivity contribution is 0.843. The second-order valence-electron chi connectivity index (χ2n) is 5.74. The van der Waals surface area contributed by atoms with Crippen molar-refractivity contribution in [3.63, 3.8) is 0 Å². The van der Waals surface area contributed by atoms with Crippen LogP contribution in [0.3, 0.4) is 0 Å². The molecule has 0 radical (unpaired) electrons. The number of nitrogens with zero attached hydrogens (tertiary/aromatic N) is 4. The molecule has 0 fully saturated rings. The Morgan fingerprint density at radius 3 is 2.40 bits per heavy atom. The Hall–Kier alpha value is -2.95. The maximum Gasteiger partial charge on any atom is 0.251 e. The number of para-hydroxylation sites is 1. The van der Waals surface area contributed by atoms with E-state index in [1.165, 1.54) is 5.56 Å². The highest BCUT2D eigenvalue weighted by Gasteiger charge is 2.11. The maximum absolute atomic E-state index is 4.61. The third kappa shape index (κ3) is 4.76. The van der Waals surface area contributed by atoms with Crippen molar-refractivity contribution < 1.29 is 0 Å². The van der Waals surface area contributed by atoms with Gasteiger partial charge in [-0.25, -0.2) is 0 Å². The van der Waals surface area contributed by atoms with Gasteiger partial charge in [0.1, 0.15) is 0 Å². The third-order valence-corrected chi connectivity index (χ3v) is 3.96. The van der Waals surface area contributed by atoms with Gasteiger partial charge < -0.3 is 10.2 Å². The molecule has 25 heavy (non-hydrogen) atoms. The van der Waals surface area contributed by atoms with Crippen molar-refractivity contribution in [2.75, 3.05) is 23.3 Å². The molecule has 0 saturated carbocycles. The first-order valence-electron chi connectivity index (χ1n) is 8.67.